The van der Waals surface area contributed by atoms with Gasteiger partial charge in [-0.25, -0.2) is 13.1 Å². The number of rotatable bonds is 6. The van der Waals surface area contributed by atoms with Gasteiger partial charge in [-0.2, -0.15) is 0 Å². The molecule has 2 aliphatic rings. The van der Waals surface area contributed by atoms with Gasteiger partial charge in [0.2, 0.25) is 15.9 Å². The summed E-state index contributed by atoms with van der Waals surface area (Å²) in [5.41, 5.74) is 0.888. The van der Waals surface area contributed by atoms with Crippen molar-refractivity contribution in [1.29, 1.82) is 0 Å². The molecular weight excluding hydrogens is 338 g/mol. The van der Waals surface area contributed by atoms with Gasteiger partial charge in [0.15, 0.2) is 0 Å². The molecule has 0 aromatic heterocycles. The van der Waals surface area contributed by atoms with Gasteiger partial charge in [0, 0.05) is 19.1 Å². The lowest BCUT2D eigenvalue weighted by Crippen LogP contribution is -2.42. The van der Waals surface area contributed by atoms with Crippen LogP contribution in [0.3, 0.4) is 0 Å². The summed E-state index contributed by atoms with van der Waals surface area (Å²) in [6, 6.07) is 7.03. The highest BCUT2D eigenvalue weighted by molar-refractivity contribution is 7.89. The Kier molecular flexibility index (Phi) is 5.76. The van der Waals surface area contributed by atoms with Crippen molar-refractivity contribution in [3.05, 3.63) is 29.8 Å². The Morgan fingerprint density at radius 3 is 2.60 bits per heavy atom. The van der Waals surface area contributed by atoms with Crippen molar-refractivity contribution in [1.82, 2.24) is 15.4 Å². The minimum atomic E-state index is -3.43. The van der Waals surface area contributed by atoms with Crippen LogP contribution in [0.4, 0.5) is 0 Å². The number of carbonyl (C=O) groups excluding carboxylic acids is 1. The second kappa shape index (κ2) is 7.85. The third-order valence-electron chi connectivity index (χ3n) is 5.21. The predicted octanol–water partition coefficient (Wildman–Crippen LogP) is 1.52. The first-order valence-electron chi connectivity index (χ1n) is 9.12. The van der Waals surface area contributed by atoms with Crippen LogP contribution in [-0.4, -0.2) is 33.0 Å². The van der Waals surface area contributed by atoms with Crippen LogP contribution in [0.5, 0.6) is 0 Å². The second-order valence-corrected chi connectivity index (χ2v) is 8.74. The molecule has 3 atom stereocenters. The summed E-state index contributed by atoms with van der Waals surface area (Å²) >= 11 is 0. The van der Waals surface area contributed by atoms with E-state index in [-0.39, 0.29) is 16.8 Å². The molecule has 1 aliphatic carbocycles. The first-order chi connectivity index (χ1) is 12.0. The lowest BCUT2D eigenvalue weighted by atomic mass is 9.85. The molecule has 0 spiro atoms. The Labute approximate surface area is 149 Å². The van der Waals surface area contributed by atoms with E-state index in [2.05, 4.69) is 15.4 Å². The maximum atomic E-state index is 12.4. The third-order valence-corrected chi connectivity index (χ3v) is 6.78. The SMILES string of the molecule is CCNS(=O)(=O)c1ccc(CNC(=O)C2CC3CCCCC3N2)cc1. The number of hydrogen-bond acceptors (Lipinski definition) is 4. The van der Waals surface area contributed by atoms with Gasteiger partial charge < -0.3 is 10.6 Å². The van der Waals surface area contributed by atoms with Crippen molar-refractivity contribution in [2.45, 2.75) is 62.6 Å². The quantitative estimate of drug-likeness (QED) is 0.713. The van der Waals surface area contributed by atoms with E-state index in [1.165, 1.54) is 25.7 Å². The maximum Gasteiger partial charge on any atom is 0.240 e. The Morgan fingerprint density at radius 1 is 1.20 bits per heavy atom. The van der Waals surface area contributed by atoms with Crippen LogP contribution in [0.25, 0.3) is 0 Å². The molecule has 7 heteroatoms. The zero-order chi connectivity index (χ0) is 17.9. The Morgan fingerprint density at radius 2 is 1.92 bits per heavy atom. The van der Waals surface area contributed by atoms with Gasteiger partial charge in [0.1, 0.15) is 0 Å². The number of nitrogens with one attached hydrogen (secondary N) is 3. The molecule has 3 rings (SSSR count). The molecule has 1 aromatic carbocycles. The average molecular weight is 365 g/mol. The number of sulfonamides is 1. The van der Waals surface area contributed by atoms with Crippen LogP contribution in [-0.2, 0) is 21.4 Å². The van der Waals surface area contributed by atoms with Gasteiger partial charge in [0.05, 0.1) is 10.9 Å². The monoisotopic (exact) mass is 365 g/mol. The lowest BCUT2D eigenvalue weighted by molar-refractivity contribution is -0.123. The van der Waals surface area contributed by atoms with Gasteiger partial charge in [-0.3, -0.25) is 4.79 Å². The molecule has 0 bridgehead atoms. The molecule has 6 nitrogen and oxygen atoms in total. The van der Waals surface area contributed by atoms with E-state index in [0.29, 0.717) is 25.0 Å². The Bertz CT molecular complexity index is 689. The fourth-order valence-corrected chi connectivity index (χ4v) is 4.93. The van der Waals surface area contributed by atoms with E-state index in [9.17, 15) is 13.2 Å². The van der Waals surface area contributed by atoms with Gasteiger partial charge in [-0.15, -0.1) is 0 Å². The molecule has 1 saturated heterocycles. The van der Waals surface area contributed by atoms with Gasteiger partial charge in [-0.1, -0.05) is 31.9 Å². The zero-order valence-corrected chi connectivity index (χ0v) is 15.4. The van der Waals surface area contributed by atoms with Crippen LogP contribution in [0.1, 0.15) is 44.6 Å². The molecule has 3 unspecified atom stereocenters. The Balaban J connectivity index is 1.52. The highest BCUT2D eigenvalue weighted by Gasteiger charge is 2.37. The fraction of sp³-hybridized carbons (Fsp3) is 0.611. The lowest BCUT2D eigenvalue weighted by Gasteiger charge is -2.24. The molecule has 1 aromatic rings. The topological polar surface area (TPSA) is 87.3 Å². The molecule has 2 fully saturated rings. The molecule has 138 valence electrons. The molecule has 1 heterocycles. The molecule has 1 amide bonds. The van der Waals surface area contributed by atoms with Crippen LogP contribution in [0.2, 0.25) is 0 Å². The van der Waals surface area contributed by atoms with E-state index in [1.54, 1.807) is 31.2 Å². The molecule has 25 heavy (non-hydrogen) atoms. The van der Waals surface area contributed by atoms with Crippen molar-refractivity contribution < 1.29 is 13.2 Å². The van der Waals surface area contributed by atoms with Crippen LogP contribution >= 0.6 is 0 Å². The molecular formula is C18H27N3O3S. The number of hydrogen-bond donors (Lipinski definition) is 3. The van der Waals surface area contributed by atoms with Gasteiger partial charge in [-0.05, 0) is 42.9 Å². The normalized spacial score (nSPS) is 26.2. The Hall–Kier alpha value is -1.44. The number of carbonyl (C=O) groups is 1. The second-order valence-electron chi connectivity index (χ2n) is 6.97. The first-order valence-corrected chi connectivity index (χ1v) is 10.6. The standard InChI is InChI=1S/C18H27N3O3S/c1-2-20-25(23,24)15-9-7-13(8-10-15)12-19-18(22)17-11-14-5-3-4-6-16(14)21-17/h7-10,14,16-17,20-21H,2-6,11-12H2,1H3,(H,19,22). The van der Waals surface area contributed by atoms with E-state index in [4.69, 9.17) is 0 Å². The summed E-state index contributed by atoms with van der Waals surface area (Å²) in [5, 5.41) is 6.44. The average Bonchev–Trinajstić information content (AvgIpc) is 3.04. The third kappa shape index (κ3) is 4.40. The summed E-state index contributed by atoms with van der Waals surface area (Å²) < 4.78 is 26.3. The van der Waals surface area contributed by atoms with E-state index >= 15 is 0 Å². The van der Waals surface area contributed by atoms with Crippen molar-refractivity contribution in [3.63, 3.8) is 0 Å². The van der Waals surface area contributed by atoms with Crippen LogP contribution < -0.4 is 15.4 Å². The van der Waals surface area contributed by atoms with Crippen molar-refractivity contribution >= 4 is 15.9 Å². The fourth-order valence-electron chi connectivity index (χ4n) is 3.89. The minimum absolute atomic E-state index is 0.0405. The summed E-state index contributed by atoms with van der Waals surface area (Å²) in [7, 11) is -3.43. The molecule has 1 saturated carbocycles. The van der Waals surface area contributed by atoms with Crippen molar-refractivity contribution in [3.8, 4) is 0 Å². The van der Waals surface area contributed by atoms with E-state index in [0.717, 1.165) is 12.0 Å². The van der Waals surface area contributed by atoms with Crippen LogP contribution in [0.15, 0.2) is 29.2 Å². The number of benzene rings is 1. The highest BCUT2D eigenvalue weighted by Crippen LogP contribution is 2.33. The van der Waals surface area contributed by atoms with E-state index < -0.39 is 10.0 Å². The summed E-state index contributed by atoms with van der Waals surface area (Å²) in [6.45, 7) is 2.51. The summed E-state index contributed by atoms with van der Waals surface area (Å²) in [6.07, 6.45) is 5.86. The van der Waals surface area contributed by atoms with Gasteiger partial charge >= 0.3 is 0 Å². The maximum absolute atomic E-state index is 12.4. The van der Waals surface area contributed by atoms with Gasteiger partial charge in [0.25, 0.3) is 0 Å². The van der Waals surface area contributed by atoms with Crippen molar-refractivity contribution in [2.75, 3.05) is 6.54 Å². The smallest absolute Gasteiger partial charge is 0.240 e. The highest BCUT2D eigenvalue weighted by atomic mass is 32.2. The molecule has 1 aliphatic heterocycles. The predicted molar refractivity (Wildman–Crippen MR) is 96.4 cm³/mol. The first kappa shape index (κ1) is 18.4. The number of amides is 1. The van der Waals surface area contributed by atoms with Crippen molar-refractivity contribution in [2.24, 2.45) is 5.92 Å². The van der Waals surface area contributed by atoms with E-state index in [1.807, 2.05) is 0 Å². The number of fused-ring (bicyclic) bond motifs is 1. The largest absolute Gasteiger partial charge is 0.351 e. The molecule has 3 N–H and O–H groups in total. The zero-order valence-electron chi connectivity index (χ0n) is 14.6. The minimum Gasteiger partial charge on any atom is -0.351 e. The summed E-state index contributed by atoms with van der Waals surface area (Å²) in [5.74, 6) is 0.679. The van der Waals surface area contributed by atoms with Crippen LogP contribution in [0, 0.1) is 5.92 Å². The molecule has 0 radical (unpaired) electrons. The summed E-state index contributed by atoms with van der Waals surface area (Å²) in [4.78, 5) is 12.6.